The zero-order valence-corrected chi connectivity index (χ0v) is 31.6. The molecule has 0 aromatic heterocycles. The third-order valence-electron chi connectivity index (χ3n) is 9.32. The van der Waals surface area contributed by atoms with Crippen LogP contribution in [0.1, 0.15) is 202 Å². The van der Waals surface area contributed by atoms with Crippen molar-refractivity contribution < 1.29 is 23.9 Å². The van der Waals surface area contributed by atoms with Crippen LogP contribution in [0.4, 0.5) is 0 Å². The minimum absolute atomic E-state index is 0.154. The van der Waals surface area contributed by atoms with Crippen LogP contribution in [0.25, 0.3) is 0 Å². The van der Waals surface area contributed by atoms with Crippen molar-refractivity contribution in [2.75, 3.05) is 32.9 Å². The van der Waals surface area contributed by atoms with Gasteiger partial charge in [-0.25, -0.2) is 0 Å². The van der Waals surface area contributed by atoms with Gasteiger partial charge in [-0.3, -0.25) is 14.4 Å². The number of hydrogen-bond acceptors (Lipinski definition) is 6. The van der Waals surface area contributed by atoms with Crippen LogP contribution < -0.4 is 0 Å². The van der Waals surface area contributed by atoms with Gasteiger partial charge in [0.2, 0.25) is 0 Å². The molecule has 0 rings (SSSR count). The highest BCUT2D eigenvalue weighted by Crippen LogP contribution is 2.21. The van der Waals surface area contributed by atoms with Gasteiger partial charge in [0, 0.05) is 13.1 Å². The molecule has 2 unspecified atom stereocenters. The Morgan fingerprint density at radius 2 is 0.826 bits per heavy atom. The van der Waals surface area contributed by atoms with Gasteiger partial charge >= 0.3 is 11.9 Å². The Hall–Kier alpha value is -1.14. The smallest absolute Gasteiger partial charge is 0.308 e. The quantitative estimate of drug-likeness (QED) is 0.0381. The van der Waals surface area contributed by atoms with Crippen molar-refractivity contribution in [2.45, 2.75) is 202 Å². The minimum atomic E-state index is -0.188. The van der Waals surface area contributed by atoms with Crippen LogP contribution in [-0.2, 0) is 23.9 Å². The fraction of sp³-hybridized carbons (Fsp3) is 0.950. The molecule has 0 aliphatic carbocycles. The third kappa shape index (κ3) is 30.2. The Morgan fingerprint density at radius 1 is 0.478 bits per heavy atom. The summed E-state index contributed by atoms with van der Waals surface area (Å²) in [7, 11) is 0. The summed E-state index contributed by atoms with van der Waals surface area (Å²) in [5.74, 6) is 0.594. The normalized spacial score (nSPS) is 12.8. The second-order valence-electron chi connectivity index (χ2n) is 13.8. The second kappa shape index (κ2) is 35.2. The predicted octanol–water partition coefficient (Wildman–Crippen LogP) is 11.8. The molecule has 0 radical (unpaired) electrons. The highest BCUT2D eigenvalue weighted by molar-refractivity contribution is 5.69. The summed E-state index contributed by atoms with van der Waals surface area (Å²) < 4.78 is 11.5. The van der Waals surface area contributed by atoms with E-state index in [2.05, 4.69) is 27.7 Å². The van der Waals surface area contributed by atoms with Crippen LogP contribution in [0.2, 0.25) is 0 Å². The Morgan fingerprint density at radius 3 is 1.22 bits per heavy atom. The molecule has 0 aromatic carbocycles. The van der Waals surface area contributed by atoms with Gasteiger partial charge in [0.05, 0.1) is 32.7 Å². The lowest BCUT2D eigenvalue weighted by molar-refractivity contribution is -0.173. The molecule has 46 heavy (non-hydrogen) atoms. The number of esters is 2. The van der Waals surface area contributed by atoms with E-state index in [1.165, 1.54) is 128 Å². The van der Waals surface area contributed by atoms with E-state index in [1.54, 1.807) is 5.06 Å². The molecule has 0 heterocycles. The lowest BCUT2D eigenvalue weighted by Gasteiger charge is -2.21. The Labute approximate surface area is 286 Å². The standard InChI is InChI=1S/C40H79NO5/c1-6-11-15-19-21-25-29-37(27-23-17-13-8-3)35-44-39(42)31-33-41(10-5)46-34-32-40(43)45-36-38(28-24-18-14-9-4)30-26-22-20-16-12-7-2/h37-38H,6-36H2,1-5H3. The first kappa shape index (κ1) is 44.9. The highest BCUT2D eigenvalue weighted by atomic mass is 16.7. The van der Waals surface area contributed by atoms with Crippen molar-refractivity contribution in [1.29, 1.82) is 0 Å². The molecule has 0 spiro atoms. The summed E-state index contributed by atoms with van der Waals surface area (Å²) in [4.78, 5) is 31.0. The average Bonchev–Trinajstić information content (AvgIpc) is 3.06. The molecule has 0 amide bonds. The van der Waals surface area contributed by atoms with E-state index in [0.29, 0.717) is 44.6 Å². The molecule has 274 valence electrons. The summed E-state index contributed by atoms with van der Waals surface area (Å²) in [6, 6.07) is 0. The number of rotatable bonds is 36. The van der Waals surface area contributed by atoms with Gasteiger partial charge in [0.15, 0.2) is 0 Å². The van der Waals surface area contributed by atoms with E-state index in [9.17, 15) is 9.59 Å². The maximum Gasteiger partial charge on any atom is 0.308 e. The monoisotopic (exact) mass is 654 g/mol. The molecular formula is C40H79NO5. The van der Waals surface area contributed by atoms with Gasteiger partial charge in [0.1, 0.15) is 0 Å². The first-order valence-corrected chi connectivity index (χ1v) is 20.2. The van der Waals surface area contributed by atoms with Crippen molar-refractivity contribution in [3.63, 3.8) is 0 Å². The van der Waals surface area contributed by atoms with Gasteiger partial charge in [-0.15, -0.1) is 0 Å². The molecule has 0 fully saturated rings. The number of ether oxygens (including phenoxy) is 2. The van der Waals surface area contributed by atoms with Crippen LogP contribution in [-0.4, -0.2) is 49.9 Å². The summed E-state index contributed by atoms with van der Waals surface area (Å²) >= 11 is 0. The molecule has 0 aliphatic rings. The number of carbonyl (C=O) groups is 2. The Bertz CT molecular complexity index is 658. The minimum Gasteiger partial charge on any atom is -0.465 e. The lowest BCUT2D eigenvalue weighted by atomic mass is 9.95. The molecule has 6 heteroatoms. The topological polar surface area (TPSA) is 65.1 Å². The van der Waals surface area contributed by atoms with Crippen molar-refractivity contribution in [3.05, 3.63) is 0 Å². The number of hydroxylamine groups is 2. The van der Waals surface area contributed by atoms with E-state index >= 15 is 0 Å². The van der Waals surface area contributed by atoms with Gasteiger partial charge < -0.3 is 9.47 Å². The number of unbranched alkanes of at least 4 members (excludes halogenated alkanes) is 16. The maximum absolute atomic E-state index is 12.6. The van der Waals surface area contributed by atoms with Crippen molar-refractivity contribution in [3.8, 4) is 0 Å². The van der Waals surface area contributed by atoms with Gasteiger partial charge in [0.25, 0.3) is 0 Å². The fourth-order valence-electron chi connectivity index (χ4n) is 6.12. The summed E-state index contributed by atoms with van der Waals surface area (Å²) in [5, 5.41) is 1.77. The third-order valence-corrected chi connectivity index (χ3v) is 9.32. The molecule has 0 N–H and O–H groups in total. The number of nitrogens with zero attached hydrogens (tertiary/aromatic N) is 1. The molecule has 2 atom stereocenters. The molecular weight excluding hydrogens is 574 g/mol. The Kier molecular flexibility index (Phi) is 34.3. The van der Waals surface area contributed by atoms with Crippen molar-refractivity contribution in [1.82, 2.24) is 5.06 Å². The van der Waals surface area contributed by atoms with E-state index in [-0.39, 0.29) is 25.0 Å². The largest absolute Gasteiger partial charge is 0.465 e. The van der Waals surface area contributed by atoms with Crippen LogP contribution >= 0.6 is 0 Å². The second-order valence-corrected chi connectivity index (χ2v) is 13.8. The number of carbonyl (C=O) groups excluding carboxylic acids is 2. The molecule has 0 saturated carbocycles. The molecule has 6 nitrogen and oxygen atoms in total. The first-order chi connectivity index (χ1) is 22.5. The van der Waals surface area contributed by atoms with Gasteiger partial charge in [-0.05, 0) is 37.5 Å². The summed E-state index contributed by atoms with van der Waals surface area (Å²) in [6.07, 6.45) is 30.8. The van der Waals surface area contributed by atoms with E-state index in [4.69, 9.17) is 14.3 Å². The SMILES string of the molecule is CCCCCCCCC(CCCCCC)COC(=O)CCON(CC)CCC(=O)OCC(CCCCCC)CCCCCCCC. The average molecular weight is 654 g/mol. The summed E-state index contributed by atoms with van der Waals surface area (Å²) in [6.45, 7) is 13.5. The molecule has 0 aromatic rings. The van der Waals surface area contributed by atoms with Crippen molar-refractivity contribution in [2.24, 2.45) is 11.8 Å². The lowest BCUT2D eigenvalue weighted by Crippen LogP contribution is -2.28. The highest BCUT2D eigenvalue weighted by Gasteiger charge is 2.16. The predicted molar refractivity (Wildman–Crippen MR) is 195 cm³/mol. The van der Waals surface area contributed by atoms with Crippen molar-refractivity contribution >= 4 is 11.9 Å². The molecule has 0 aliphatic heterocycles. The van der Waals surface area contributed by atoms with E-state index in [1.807, 2.05) is 6.92 Å². The zero-order chi connectivity index (χ0) is 33.9. The van der Waals surface area contributed by atoms with E-state index < -0.39 is 0 Å². The van der Waals surface area contributed by atoms with E-state index in [0.717, 1.165) is 25.7 Å². The van der Waals surface area contributed by atoms with Gasteiger partial charge in [-0.2, -0.15) is 5.06 Å². The van der Waals surface area contributed by atoms with Crippen LogP contribution in [0, 0.1) is 11.8 Å². The molecule has 0 saturated heterocycles. The van der Waals surface area contributed by atoms with Crippen LogP contribution in [0.3, 0.4) is 0 Å². The molecule has 0 bridgehead atoms. The number of hydrogen-bond donors (Lipinski definition) is 0. The maximum atomic E-state index is 12.6. The van der Waals surface area contributed by atoms with Gasteiger partial charge in [-0.1, -0.05) is 163 Å². The first-order valence-electron chi connectivity index (χ1n) is 20.2. The fourth-order valence-corrected chi connectivity index (χ4v) is 6.12. The summed E-state index contributed by atoms with van der Waals surface area (Å²) in [5.41, 5.74) is 0. The zero-order valence-electron chi connectivity index (χ0n) is 31.6. The van der Waals surface area contributed by atoms with Crippen LogP contribution in [0.15, 0.2) is 0 Å². The van der Waals surface area contributed by atoms with Crippen LogP contribution in [0.5, 0.6) is 0 Å². The Balaban J connectivity index is 4.38.